The van der Waals surface area contributed by atoms with Crippen LogP contribution in [0.2, 0.25) is 0 Å². The van der Waals surface area contributed by atoms with Crippen LogP contribution >= 0.6 is 0 Å². The lowest BCUT2D eigenvalue weighted by Gasteiger charge is -2.34. The zero-order valence-electron chi connectivity index (χ0n) is 16.9. The molecule has 2 aliphatic heterocycles. The molecule has 0 unspecified atom stereocenters. The molecule has 0 spiro atoms. The Morgan fingerprint density at radius 1 is 1.18 bits per heavy atom. The summed E-state index contributed by atoms with van der Waals surface area (Å²) in [7, 11) is 0. The molecule has 0 atom stereocenters. The number of nitrogens with zero attached hydrogens (tertiary/aromatic N) is 5. The molecular weight excluding hydrogens is 350 g/mol. The van der Waals surface area contributed by atoms with Gasteiger partial charge in [-0.1, -0.05) is 13.0 Å². The fraction of sp³-hybridized carbons (Fsp3) is 0.545. The molecule has 0 N–H and O–H groups in total. The van der Waals surface area contributed by atoms with Crippen LogP contribution in [0.15, 0.2) is 24.4 Å². The van der Waals surface area contributed by atoms with Crippen molar-refractivity contribution >= 4 is 11.7 Å². The van der Waals surface area contributed by atoms with E-state index in [9.17, 15) is 4.79 Å². The molecule has 2 aliphatic rings. The standard InChI is InChI=1S/C22H29N5O/c1-3-20(28)26-13-9-17(10-14-26)21-24-16(2)19-8-6-12-27(22(19)25-21)15-18-7-4-5-11-23-18/h4-5,7,11,17H,3,6,8-10,12-15H2,1-2H3. The molecule has 2 aromatic rings. The monoisotopic (exact) mass is 379 g/mol. The van der Waals surface area contributed by atoms with Gasteiger partial charge in [0, 0.05) is 49.4 Å². The normalized spacial score (nSPS) is 17.5. The fourth-order valence-corrected chi connectivity index (χ4v) is 4.34. The van der Waals surface area contributed by atoms with Crippen LogP contribution in [0, 0.1) is 6.92 Å². The zero-order valence-corrected chi connectivity index (χ0v) is 16.9. The molecule has 4 heterocycles. The summed E-state index contributed by atoms with van der Waals surface area (Å²) in [5.41, 5.74) is 3.46. The van der Waals surface area contributed by atoms with Crippen LogP contribution in [-0.4, -0.2) is 45.4 Å². The van der Waals surface area contributed by atoms with E-state index in [0.717, 1.165) is 74.9 Å². The Kier molecular flexibility index (Phi) is 5.55. The smallest absolute Gasteiger partial charge is 0.222 e. The van der Waals surface area contributed by atoms with Gasteiger partial charge in [0.1, 0.15) is 11.6 Å². The molecule has 4 rings (SSSR count). The maximum atomic E-state index is 12.0. The molecule has 0 bridgehead atoms. The Morgan fingerprint density at radius 3 is 2.71 bits per heavy atom. The predicted molar refractivity (Wildman–Crippen MR) is 109 cm³/mol. The second-order valence-corrected chi connectivity index (χ2v) is 7.82. The number of likely N-dealkylation sites (tertiary alicyclic amines) is 1. The van der Waals surface area contributed by atoms with E-state index >= 15 is 0 Å². The molecular formula is C22H29N5O. The number of piperidine rings is 1. The topological polar surface area (TPSA) is 62.2 Å². The van der Waals surface area contributed by atoms with Gasteiger partial charge < -0.3 is 9.80 Å². The molecule has 148 valence electrons. The summed E-state index contributed by atoms with van der Waals surface area (Å²) in [6, 6.07) is 6.06. The average molecular weight is 380 g/mol. The van der Waals surface area contributed by atoms with Gasteiger partial charge >= 0.3 is 0 Å². The molecule has 0 radical (unpaired) electrons. The first-order chi connectivity index (χ1) is 13.7. The van der Waals surface area contributed by atoms with Crippen molar-refractivity contribution in [2.75, 3.05) is 24.5 Å². The number of hydrogen-bond acceptors (Lipinski definition) is 5. The molecule has 6 heteroatoms. The summed E-state index contributed by atoms with van der Waals surface area (Å²) in [6.07, 6.45) is 6.50. The van der Waals surface area contributed by atoms with Crippen LogP contribution in [0.25, 0.3) is 0 Å². The van der Waals surface area contributed by atoms with Crippen molar-refractivity contribution in [2.45, 2.75) is 58.4 Å². The minimum atomic E-state index is 0.252. The van der Waals surface area contributed by atoms with E-state index < -0.39 is 0 Å². The number of hydrogen-bond donors (Lipinski definition) is 0. The Balaban J connectivity index is 1.55. The van der Waals surface area contributed by atoms with Crippen molar-refractivity contribution in [3.05, 3.63) is 47.2 Å². The van der Waals surface area contributed by atoms with Gasteiger partial charge in [-0.2, -0.15) is 0 Å². The largest absolute Gasteiger partial charge is 0.350 e. The number of rotatable bonds is 4. The Morgan fingerprint density at radius 2 is 2.00 bits per heavy atom. The van der Waals surface area contributed by atoms with Gasteiger partial charge in [-0.3, -0.25) is 9.78 Å². The molecule has 0 aliphatic carbocycles. The Labute approximate surface area is 167 Å². The SMILES string of the molecule is CCC(=O)N1CCC(c2nc(C)c3c(n2)N(Cc2ccccn2)CCC3)CC1. The van der Waals surface area contributed by atoms with Crippen molar-refractivity contribution in [1.29, 1.82) is 0 Å². The van der Waals surface area contributed by atoms with Crippen LogP contribution < -0.4 is 4.90 Å². The van der Waals surface area contributed by atoms with E-state index in [2.05, 4.69) is 22.9 Å². The Bertz CT molecular complexity index is 830. The number of amides is 1. The number of aromatic nitrogens is 3. The first kappa shape index (κ1) is 18.8. The number of carbonyl (C=O) groups is 1. The molecule has 1 amide bonds. The lowest BCUT2D eigenvalue weighted by molar-refractivity contribution is -0.131. The highest BCUT2D eigenvalue weighted by Crippen LogP contribution is 2.32. The lowest BCUT2D eigenvalue weighted by atomic mass is 9.94. The van der Waals surface area contributed by atoms with Crippen LogP contribution in [-0.2, 0) is 17.8 Å². The van der Waals surface area contributed by atoms with E-state index in [0.29, 0.717) is 12.3 Å². The first-order valence-corrected chi connectivity index (χ1v) is 10.5. The quantitative estimate of drug-likeness (QED) is 0.816. The van der Waals surface area contributed by atoms with E-state index in [1.165, 1.54) is 5.56 Å². The van der Waals surface area contributed by atoms with Gasteiger partial charge in [0.05, 0.1) is 12.2 Å². The molecule has 1 saturated heterocycles. The minimum absolute atomic E-state index is 0.252. The average Bonchev–Trinajstić information content (AvgIpc) is 2.74. The molecule has 0 aromatic carbocycles. The van der Waals surface area contributed by atoms with Crippen LogP contribution in [0.3, 0.4) is 0 Å². The van der Waals surface area contributed by atoms with Crippen molar-refractivity contribution < 1.29 is 4.79 Å². The van der Waals surface area contributed by atoms with E-state index in [1.807, 2.05) is 30.2 Å². The van der Waals surface area contributed by atoms with Crippen molar-refractivity contribution in [3.63, 3.8) is 0 Å². The molecule has 2 aromatic heterocycles. The van der Waals surface area contributed by atoms with E-state index in [-0.39, 0.29) is 5.91 Å². The lowest BCUT2D eigenvalue weighted by Crippen LogP contribution is -2.38. The molecule has 0 saturated carbocycles. The summed E-state index contributed by atoms with van der Waals surface area (Å²) in [6.45, 7) is 7.46. The molecule has 1 fully saturated rings. The van der Waals surface area contributed by atoms with E-state index in [4.69, 9.17) is 9.97 Å². The van der Waals surface area contributed by atoms with Crippen LogP contribution in [0.4, 0.5) is 5.82 Å². The van der Waals surface area contributed by atoms with E-state index in [1.54, 1.807) is 0 Å². The van der Waals surface area contributed by atoms with Crippen molar-refractivity contribution in [1.82, 2.24) is 19.9 Å². The number of pyridine rings is 1. The van der Waals surface area contributed by atoms with Gasteiger partial charge in [-0.15, -0.1) is 0 Å². The maximum absolute atomic E-state index is 12.0. The number of aryl methyl sites for hydroxylation is 1. The summed E-state index contributed by atoms with van der Waals surface area (Å²) >= 11 is 0. The highest BCUT2D eigenvalue weighted by Gasteiger charge is 2.28. The molecule has 6 nitrogen and oxygen atoms in total. The third-order valence-electron chi connectivity index (χ3n) is 5.96. The first-order valence-electron chi connectivity index (χ1n) is 10.5. The van der Waals surface area contributed by atoms with Gasteiger partial charge in [0.15, 0.2) is 0 Å². The Hall–Kier alpha value is -2.50. The zero-order chi connectivity index (χ0) is 19.5. The minimum Gasteiger partial charge on any atom is -0.350 e. The second kappa shape index (κ2) is 8.25. The number of carbonyl (C=O) groups excluding carboxylic acids is 1. The van der Waals surface area contributed by atoms with Crippen LogP contribution in [0.1, 0.15) is 61.3 Å². The number of anilines is 1. The summed E-state index contributed by atoms with van der Waals surface area (Å²) in [4.78, 5) is 30.7. The van der Waals surface area contributed by atoms with Gasteiger partial charge in [-0.05, 0) is 44.7 Å². The van der Waals surface area contributed by atoms with Gasteiger partial charge in [0.2, 0.25) is 5.91 Å². The maximum Gasteiger partial charge on any atom is 0.222 e. The highest BCUT2D eigenvalue weighted by atomic mass is 16.2. The highest BCUT2D eigenvalue weighted by molar-refractivity contribution is 5.75. The predicted octanol–water partition coefficient (Wildman–Crippen LogP) is 3.25. The second-order valence-electron chi connectivity index (χ2n) is 7.82. The van der Waals surface area contributed by atoms with Crippen molar-refractivity contribution in [2.24, 2.45) is 0 Å². The number of fused-ring (bicyclic) bond motifs is 1. The van der Waals surface area contributed by atoms with Gasteiger partial charge in [0.25, 0.3) is 0 Å². The van der Waals surface area contributed by atoms with Gasteiger partial charge in [-0.25, -0.2) is 9.97 Å². The summed E-state index contributed by atoms with van der Waals surface area (Å²) in [5.74, 6) is 2.63. The van der Waals surface area contributed by atoms with Crippen molar-refractivity contribution in [3.8, 4) is 0 Å². The summed E-state index contributed by atoms with van der Waals surface area (Å²) in [5, 5.41) is 0. The van der Waals surface area contributed by atoms with Crippen LogP contribution in [0.5, 0.6) is 0 Å². The third kappa shape index (κ3) is 3.86. The third-order valence-corrected chi connectivity index (χ3v) is 5.96. The fourth-order valence-electron chi connectivity index (χ4n) is 4.34. The summed E-state index contributed by atoms with van der Waals surface area (Å²) < 4.78 is 0. The molecule has 28 heavy (non-hydrogen) atoms.